The van der Waals surface area contributed by atoms with E-state index in [2.05, 4.69) is 62.4 Å². The van der Waals surface area contributed by atoms with E-state index >= 15 is 0 Å². The Bertz CT molecular complexity index is 2120. The van der Waals surface area contributed by atoms with Crippen LogP contribution in [0.5, 0.6) is 0 Å². The van der Waals surface area contributed by atoms with Gasteiger partial charge in [0.25, 0.3) is 11.8 Å². The molecular formula is C40H46F2N8O2. The summed E-state index contributed by atoms with van der Waals surface area (Å²) in [6, 6.07) is 14.4. The number of nitrogens with one attached hydrogen (secondary N) is 3. The van der Waals surface area contributed by atoms with E-state index in [0.717, 1.165) is 83.6 Å². The molecule has 0 bridgehead atoms. The second-order valence-corrected chi connectivity index (χ2v) is 16.1. The normalized spacial score (nSPS) is 26.0. The van der Waals surface area contributed by atoms with Crippen LogP contribution in [-0.4, -0.2) is 82.5 Å². The lowest BCUT2D eigenvalue weighted by molar-refractivity contribution is -0.125. The number of rotatable bonds is 7. The van der Waals surface area contributed by atoms with Gasteiger partial charge in [-0.2, -0.15) is 0 Å². The Balaban J connectivity index is 1.08. The van der Waals surface area contributed by atoms with Gasteiger partial charge < -0.3 is 25.4 Å². The maximum absolute atomic E-state index is 14.6. The van der Waals surface area contributed by atoms with Crippen molar-refractivity contribution in [3.05, 3.63) is 65.5 Å². The topological polar surface area (TPSA) is 107 Å². The number of pyridine rings is 1. The second kappa shape index (κ2) is 11.8. The molecule has 2 amide bonds. The Kier molecular flexibility index (Phi) is 7.58. The van der Waals surface area contributed by atoms with Crippen molar-refractivity contribution in [2.75, 3.05) is 43.4 Å². The van der Waals surface area contributed by atoms with Crippen LogP contribution in [0.3, 0.4) is 0 Å². The van der Waals surface area contributed by atoms with Crippen LogP contribution in [0.15, 0.2) is 48.8 Å². The molecule has 3 aliphatic heterocycles. The molecule has 2 spiro atoms. The molecule has 2 saturated carbocycles. The summed E-state index contributed by atoms with van der Waals surface area (Å²) in [5.74, 6) is -1.89. The highest BCUT2D eigenvalue weighted by atomic mass is 19.3. The van der Waals surface area contributed by atoms with Crippen molar-refractivity contribution >= 4 is 40.0 Å². The summed E-state index contributed by atoms with van der Waals surface area (Å²) in [4.78, 5) is 41.5. The largest absolute Gasteiger partial charge is 0.355 e. The van der Waals surface area contributed by atoms with Gasteiger partial charge in [-0.05, 0) is 108 Å². The number of benzene rings is 2. The van der Waals surface area contributed by atoms with Gasteiger partial charge in [0.15, 0.2) is 5.82 Å². The van der Waals surface area contributed by atoms with Gasteiger partial charge in [0.05, 0.1) is 28.4 Å². The van der Waals surface area contributed by atoms with Crippen molar-refractivity contribution in [1.82, 2.24) is 30.1 Å². The molecule has 2 aromatic heterocycles. The van der Waals surface area contributed by atoms with Gasteiger partial charge in [0.2, 0.25) is 5.91 Å². The van der Waals surface area contributed by atoms with Crippen molar-refractivity contribution in [3.8, 4) is 11.3 Å². The molecule has 9 rings (SSSR count). The predicted molar refractivity (Wildman–Crippen MR) is 197 cm³/mol. The van der Waals surface area contributed by atoms with Crippen LogP contribution in [0.1, 0.15) is 79.9 Å². The van der Waals surface area contributed by atoms with Crippen molar-refractivity contribution in [2.24, 2.45) is 5.41 Å². The first kappa shape index (κ1) is 33.4. The number of imidazole rings is 1. The number of alkyl halides is 2. The minimum absolute atomic E-state index is 0.0147. The lowest BCUT2D eigenvalue weighted by Gasteiger charge is -2.46. The Morgan fingerprint density at radius 1 is 1.04 bits per heavy atom. The van der Waals surface area contributed by atoms with Crippen LogP contribution in [0, 0.1) is 12.3 Å². The van der Waals surface area contributed by atoms with Gasteiger partial charge in [-0.15, -0.1) is 0 Å². The fourth-order valence-corrected chi connectivity index (χ4v) is 9.46. The third-order valence-corrected chi connectivity index (χ3v) is 12.8. The van der Waals surface area contributed by atoms with Crippen LogP contribution in [0.25, 0.3) is 22.3 Å². The lowest BCUT2D eigenvalue weighted by Crippen LogP contribution is -2.57. The number of aryl methyl sites for hydroxylation is 1. The van der Waals surface area contributed by atoms with Gasteiger partial charge in [0, 0.05) is 60.6 Å². The zero-order chi connectivity index (χ0) is 36.2. The van der Waals surface area contributed by atoms with E-state index in [1.165, 1.54) is 0 Å². The first-order chi connectivity index (χ1) is 24.9. The van der Waals surface area contributed by atoms with Gasteiger partial charge in [-0.1, -0.05) is 18.2 Å². The number of anilines is 3. The molecule has 10 nitrogen and oxygen atoms in total. The molecule has 2 aromatic carbocycles. The first-order valence-corrected chi connectivity index (χ1v) is 18.7. The van der Waals surface area contributed by atoms with E-state index in [1.807, 2.05) is 37.5 Å². The van der Waals surface area contributed by atoms with Crippen LogP contribution in [-0.2, 0) is 10.2 Å². The highest BCUT2D eigenvalue weighted by Crippen LogP contribution is 2.65. The molecule has 52 heavy (non-hydrogen) atoms. The molecule has 3 N–H and O–H groups in total. The quantitative estimate of drug-likeness (QED) is 0.206. The van der Waals surface area contributed by atoms with Gasteiger partial charge in [-0.3, -0.25) is 14.5 Å². The zero-order valence-corrected chi connectivity index (χ0v) is 30.2. The van der Waals surface area contributed by atoms with Gasteiger partial charge >= 0.3 is 0 Å². The number of carbonyl (C=O) groups is 2. The molecular weight excluding hydrogens is 662 g/mol. The number of aromatic nitrogens is 3. The van der Waals surface area contributed by atoms with Crippen molar-refractivity contribution in [1.29, 1.82) is 0 Å². The average Bonchev–Trinajstić information content (AvgIpc) is 3.51. The first-order valence-electron chi connectivity index (χ1n) is 18.7. The van der Waals surface area contributed by atoms with Gasteiger partial charge in [-0.25, -0.2) is 18.7 Å². The third-order valence-electron chi connectivity index (χ3n) is 12.8. The fourth-order valence-electron chi connectivity index (χ4n) is 9.46. The summed E-state index contributed by atoms with van der Waals surface area (Å²) in [5.41, 5.74) is 6.09. The highest BCUT2D eigenvalue weighted by Gasteiger charge is 2.73. The zero-order valence-electron chi connectivity index (χ0n) is 30.2. The third kappa shape index (κ3) is 5.00. The molecule has 12 heteroatoms. The molecule has 2 saturated heterocycles. The molecule has 1 atom stereocenters. The smallest absolute Gasteiger partial charge is 0.255 e. The highest BCUT2D eigenvalue weighted by molar-refractivity contribution is 6.09. The molecule has 1 unspecified atom stereocenters. The Morgan fingerprint density at radius 2 is 1.81 bits per heavy atom. The second-order valence-electron chi connectivity index (χ2n) is 16.1. The molecule has 2 aliphatic carbocycles. The van der Waals surface area contributed by atoms with Crippen molar-refractivity contribution in [2.45, 2.75) is 88.8 Å². The predicted octanol–water partition coefficient (Wildman–Crippen LogP) is 6.32. The van der Waals surface area contributed by atoms with Crippen LogP contribution < -0.4 is 20.9 Å². The van der Waals surface area contributed by atoms with E-state index in [9.17, 15) is 18.4 Å². The monoisotopic (exact) mass is 708 g/mol. The number of carbonyl (C=O) groups excluding carboxylic acids is 2. The van der Waals surface area contributed by atoms with E-state index in [0.29, 0.717) is 30.9 Å². The number of halogens is 2. The Labute approximate surface area is 302 Å². The molecule has 4 fully saturated rings. The number of nitrogens with zero attached hydrogens (tertiary/aromatic N) is 5. The van der Waals surface area contributed by atoms with Gasteiger partial charge in [0.1, 0.15) is 5.52 Å². The SMILES string of the molecule is CNC(=O)c1cc(Nc2nc(-c3ccc4c(c3)N(C3CC(N5CCC6(C5)CC6(F)F)C3)C(=O)C43CCNCC3)cc3ncn(C(C)C)c23)ccc1C. The number of fused-ring (bicyclic) bond motifs is 3. The molecule has 272 valence electrons. The minimum Gasteiger partial charge on any atom is -0.355 e. The van der Waals surface area contributed by atoms with E-state index in [4.69, 9.17) is 9.97 Å². The molecule has 0 radical (unpaired) electrons. The Morgan fingerprint density at radius 3 is 2.50 bits per heavy atom. The number of amides is 2. The lowest BCUT2D eigenvalue weighted by atomic mass is 9.74. The fraction of sp³-hybridized carbons (Fsp3) is 0.500. The van der Waals surface area contributed by atoms with E-state index < -0.39 is 16.8 Å². The maximum atomic E-state index is 14.6. The van der Waals surface area contributed by atoms with Crippen LogP contribution in [0.2, 0.25) is 0 Å². The number of likely N-dealkylation sites (tertiary alicyclic amines) is 1. The van der Waals surface area contributed by atoms with Crippen molar-refractivity contribution < 1.29 is 18.4 Å². The summed E-state index contributed by atoms with van der Waals surface area (Å²) in [6.45, 7) is 8.86. The molecule has 5 heterocycles. The maximum Gasteiger partial charge on any atom is 0.255 e. The van der Waals surface area contributed by atoms with E-state index in [1.54, 1.807) is 7.05 Å². The summed E-state index contributed by atoms with van der Waals surface area (Å²) < 4.78 is 30.5. The number of hydrogen-bond donors (Lipinski definition) is 3. The molecule has 5 aliphatic rings. The summed E-state index contributed by atoms with van der Waals surface area (Å²) in [6.07, 6.45) is 5.49. The van der Waals surface area contributed by atoms with Crippen LogP contribution in [0.4, 0.5) is 26.0 Å². The van der Waals surface area contributed by atoms with Crippen molar-refractivity contribution in [3.63, 3.8) is 0 Å². The average molecular weight is 709 g/mol. The number of piperidine rings is 1. The van der Waals surface area contributed by atoms with Crippen LogP contribution >= 0.6 is 0 Å². The summed E-state index contributed by atoms with van der Waals surface area (Å²) in [5, 5.41) is 9.68. The Hall–Kier alpha value is -4.42. The minimum atomic E-state index is -2.53. The van der Waals surface area contributed by atoms with E-state index in [-0.39, 0.29) is 36.4 Å². The number of hydrogen-bond acceptors (Lipinski definition) is 7. The standard InChI is InChI=1S/C40H46F2N8O2/c1-23(2)49-22-45-32-19-31(47-35(34(32)49)46-26-7-5-24(3)29(16-26)36(51)43-4)25-6-8-30-33(15-25)50(37(52)39(30)9-12-44-13-10-39)28-17-27(18-28)48-14-11-38(21-48)20-40(38,41)42/h5-8,15-16,19,22-23,27-28,44H,9-14,17-18,20-21H2,1-4H3,(H,43,51)(H,46,47). The summed E-state index contributed by atoms with van der Waals surface area (Å²) >= 11 is 0. The molecule has 4 aromatic rings. The summed E-state index contributed by atoms with van der Waals surface area (Å²) in [7, 11) is 1.62.